The van der Waals surface area contributed by atoms with Gasteiger partial charge in [-0.15, -0.1) is 0 Å². The van der Waals surface area contributed by atoms with Crippen molar-refractivity contribution in [3.63, 3.8) is 0 Å². The maximum absolute atomic E-state index is 5.59. The Bertz CT molecular complexity index is 551. The molecular formula is C17H23NO. The Kier molecular flexibility index (Phi) is 4.80. The van der Waals surface area contributed by atoms with E-state index in [9.17, 15) is 0 Å². The minimum atomic E-state index is 0.540. The molecule has 19 heavy (non-hydrogen) atoms. The second-order valence-electron chi connectivity index (χ2n) is 5.24. The van der Waals surface area contributed by atoms with Crippen molar-refractivity contribution in [3.8, 4) is 0 Å². The first-order valence-corrected chi connectivity index (χ1v) is 7.09. The summed E-state index contributed by atoms with van der Waals surface area (Å²) < 4.78 is 5.59. The minimum absolute atomic E-state index is 0.540. The van der Waals surface area contributed by atoms with Crippen LogP contribution in [0.15, 0.2) is 40.5 Å². The lowest BCUT2D eigenvalue weighted by Gasteiger charge is -2.12. The number of hydrogen-bond acceptors (Lipinski definition) is 2. The third-order valence-electron chi connectivity index (χ3n) is 3.35. The standard InChI is InChI=1S/C17H23NO/c1-4-9-18-11-14(13(2)3)10-15-12-19-17-8-6-5-7-16(15)17/h5-8,10,12-13,18H,4,9,11H2,1-3H3/b14-10-. The summed E-state index contributed by atoms with van der Waals surface area (Å²) in [4.78, 5) is 0. The number of furan rings is 1. The van der Waals surface area contributed by atoms with Gasteiger partial charge in [0.05, 0.1) is 6.26 Å². The lowest BCUT2D eigenvalue weighted by molar-refractivity contribution is 0.614. The first-order valence-electron chi connectivity index (χ1n) is 7.09. The van der Waals surface area contributed by atoms with Crippen molar-refractivity contribution in [3.05, 3.63) is 41.7 Å². The van der Waals surface area contributed by atoms with Crippen LogP contribution in [0, 0.1) is 5.92 Å². The first-order chi connectivity index (χ1) is 9.22. The number of para-hydroxylation sites is 1. The van der Waals surface area contributed by atoms with E-state index in [1.165, 1.54) is 22.9 Å². The van der Waals surface area contributed by atoms with E-state index < -0.39 is 0 Å². The molecule has 0 radical (unpaired) electrons. The molecule has 0 spiro atoms. The predicted molar refractivity (Wildman–Crippen MR) is 82.2 cm³/mol. The van der Waals surface area contributed by atoms with Gasteiger partial charge in [0.25, 0.3) is 0 Å². The zero-order valence-electron chi connectivity index (χ0n) is 12.1. The molecule has 0 unspecified atom stereocenters. The Labute approximate surface area is 115 Å². The predicted octanol–water partition coefficient (Wildman–Crippen LogP) is 4.47. The number of hydrogen-bond donors (Lipinski definition) is 1. The van der Waals surface area contributed by atoms with Crippen LogP contribution in [0.25, 0.3) is 17.0 Å². The summed E-state index contributed by atoms with van der Waals surface area (Å²) in [5.74, 6) is 0.540. The van der Waals surface area contributed by atoms with Gasteiger partial charge in [0.2, 0.25) is 0 Å². The summed E-state index contributed by atoms with van der Waals surface area (Å²) >= 11 is 0. The van der Waals surface area contributed by atoms with Crippen LogP contribution in [0.2, 0.25) is 0 Å². The Balaban J connectivity index is 2.25. The van der Waals surface area contributed by atoms with Crippen molar-refractivity contribution >= 4 is 17.0 Å². The lowest BCUT2D eigenvalue weighted by atomic mass is 10.00. The number of benzene rings is 1. The average Bonchev–Trinajstić information content (AvgIpc) is 2.81. The van der Waals surface area contributed by atoms with Gasteiger partial charge in [0, 0.05) is 17.5 Å². The molecule has 0 atom stereocenters. The van der Waals surface area contributed by atoms with Gasteiger partial charge in [-0.2, -0.15) is 0 Å². The van der Waals surface area contributed by atoms with Crippen molar-refractivity contribution < 1.29 is 4.42 Å². The number of rotatable bonds is 6. The van der Waals surface area contributed by atoms with Crippen LogP contribution in [-0.2, 0) is 0 Å². The van der Waals surface area contributed by atoms with Crippen LogP contribution in [0.5, 0.6) is 0 Å². The highest BCUT2D eigenvalue weighted by Gasteiger charge is 2.07. The molecule has 0 saturated carbocycles. The maximum Gasteiger partial charge on any atom is 0.134 e. The monoisotopic (exact) mass is 257 g/mol. The Morgan fingerprint density at radius 2 is 2.11 bits per heavy atom. The quantitative estimate of drug-likeness (QED) is 0.772. The Morgan fingerprint density at radius 1 is 1.32 bits per heavy atom. The third-order valence-corrected chi connectivity index (χ3v) is 3.35. The summed E-state index contributed by atoms with van der Waals surface area (Å²) in [6, 6.07) is 8.18. The van der Waals surface area contributed by atoms with Gasteiger partial charge in [-0.05, 0) is 24.9 Å². The second-order valence-corrected chi connectivity index (χ2v) is 5.24. The van der Waals surface area contributed by atoms with E-state index in [-0.39, 0.29) is 0 Å². The molecule has 1 heterocycles. The van der Waals surface area contributed by atoms with E-state index in [0.29, 0.717) is 5.92 Å². The molecule has 0 aliphatic carbocycles. The first kappa shape index (κ1) is 13.9. The van der Waals surface area contributed by atoms with Crippen LogP contribution >= 0.6 is 0 Å². The van der Waals surface area contributed by atoms with Crippen LogP contribution in [0.1, 0.15) is 32.8 Å². The highest BCUT2D eigenvalue weighted by atomic mass is 16.3. The number of nitrogens with one attached hydrogen (secondary N) is 1. The normalized spacial score (nSPS) is 12.5. The summed E-state index contributed by atoms with van der Waals surface area (Å²) in [6.45, 7) is 8.68. The molecule has 1 aromatic carbocycles. The van der Waals surface area contributed by atoms with E-state index in [1.54, 1.807) is 0 Å². The van der Waals surface area contributed by atoms with Crippen molar-refractivity contribution in [1.82, 2.24) is 5.32 Å². The largest absolute Gasteiger partial charge is 0.464 e. The molecule has 2 nitrogen and oxygen atoms in total. The molecule has 1 aromatic heterocycles. The topological polar surface area (TPSA) is 25.2 Å². The molecule has 1 N–H and O–H groups in total. The summed E-state index contributed by atoms with van der Waals surface area (Å²) in [5, 5.41) is 4.67. The molecule has 0 fully saturated rings. The molecule has 0 bridgehead atoms. The fourth-order valence-electron chi connectivity index (χ4n) is 2.14. The third kappa shape index (κ3) is 3.48. The highest BCUT2D eigenvalue weighted by Crippen LogP contribution is 2.24. The van der Waals surface area contributed by atoms with E-state index in [0.717, 1.165) is 18.7 Å². The Morgan fingerprint density at radius 3 is 2.84 bits per heavy atom. The zero-order chi connectivity index (χ0) is 13.7. The Hall–Kier alpha value is -1.54. The maximum atomic E-state index is 5.59. The van der Waals surface area contributed by atoms with E-state index in [2.05, 4.69) is 44.3 Å². The molecule has 2 heteroatoms. The van der Waals surface area contributed by atoms with Crippen LogP contribution in [0.3, 0.4) is 0 Å². The van der Waals surface area contributed by atoms with Gasteiger partial charge in [0.15, 0.2) is 0 Å². The smallest absolute Gasteiger partial charge is 0.134 e. The van der Waals surface area contributed by atoms with Gasteiger partial charge >= 0.3 is 0 Å². The van der Waals surface area contributed by atoms with Crippen molar-refractivity contribution in [1.29, 1.82) is 0 Å². The summed E-state index contributed by atoms with van der Waals surface area (Å²) in [7, 11) is 0. The molecule has 0 saturated heterocycles. The highest BCUT2D eigenvalue weighted by molar-refractivity contribution is 5.87. The molecule has 0 aliphatic rings. The fourth-order valence-corrected chi connectivity index (χ4v) is 2.14. The fraction of sp³-hybridized carbons (Fsp3) is 0.412. The average molecular weight is 257 g/mol. The SMILES string of the molecule is CCCNC/C(=C/c1coc2ccccc12)C(C)C. The lowest BCUT2D eigenvalue weighted by Crippen LogP contribution is -2.19. The molecule has 102 valence electrons. The molecule has 2 rings (SSSR count). The van der Waals surface area contributed by atoms with Crippen LogP contribution < -0.4 is 5.32 Å². The summed E-state index contributed by atoms with van der Waals surface area (Å²) in [6.07, 6.45) is 5.28. The van der Waals surface area contributed by atoms with E-state index in [1.807, 2.05) is 18.4 Å². The van der Waals surface area contributed by atoms with Gasteiger partial charge in [-0.1, -0.05) is 50.6 Å². The van der Waals surface area contributed by atoms with Crippen LogP contribution in [-0.4, -0.2) is 13.1 Å². The summed E-state index contributed by atoms with van der Waals surface area (Å²) in [5.41, 5.74) is 3.55. The van der Waals surface area contributed by atoms with Gasteiger partial charge < -0.3 is 9.73 Å². The minimum Gasteiger partial charge on any atom is -0.464 e. The zero-order valence-corrected chi connectivity index (χ0v) is 12.1. The van der Waals surface area contributed by atoms with Crippen LogP contribution in [0.4, 0.5) is 0 Å². The van der Waals surface area contributed by atoms with Crippen molar-refractivity contribution in [2.24, 2.45) is 5.92 Å². The molecule has 0 amide bonds. The second kappa shape index (κ2) is 6.58. The van der Waals surface area contributed by atoms with Gasteiger partial charge in [-0.3, -0.25) is 0 Å². The van der Waals surface area contributed by atoms with E-state index >= 15 is 0 Å². The van der Waals surface area contributed by atoms with Crippen molar-refractivity contribution in [2.45, 2.75) is 27.2 Å². The van der Waals surface area contributed by atoms with Gasteiger partial charge in [-0.25, -0.2) is 0 Å². The molecular weight excluding hydrogens is 234 g/mol. The molecule has 0 aliphatic heterocycles. The molecule has 2 aromatic rings. The van der Waals surface area contributed by atoms with E-state index in [4.69, 9.17) is 4.42 Å². The number of fused-ring (bicyclic) bond motifs is 1. The van der Waals surface area contributed by atoms with Crippen molar-refractivity contribution in [2.75, 3.05) is 13.1 Å². The van der Waals surface area contributed by atoms with Gasteiger partial charge in [0.1, 0.15) is 5.58 Å².